The number of piperidine rings is 1. The first kappa shape index (κ1) is 15.7. The van der Waals surface area contributed by atoms with E-state index in [1.807, 2.05) is 53.4 Å². The van der Waals surface area contributed by atoms with E-state index in [2.05, 4.69) is 4.98 Å². The molecule has 4 rings (SSSR count). The molecule has 25 heavy (non-hydrogen) atoms. The lowest BCUT2D eigenvalue weighted by Gasteiger charge is -2.31. The monoisotopic (exact) mass is 335 g/mol. The number of H-pyrrole nitrogens is 1. The summed E-state index contributed by atoms with van der Waals surface area (Å²) in [4.78, 5) is 22.7. The largest absolute Gasteiger partial charge is 0.497 e. The summed E-state index contributed by atoms with van der Waals surface area (Å²) in [7, 11) is 1.62. The zero-order valence-electron chi connectivity index (χ0n) is 14.2. The summed E-state index contributed by atoms with van der Waals surface area (Å²) in [6.45, 7) is 1.51. The first-order valence-electron chi connectivity index (χ1n) is 8.62. The van der Waals surface area contributed by atoms with Crippen LogP contribution >= 0.6 is 0 Å². The van der Waals surface area contributed by atoms with Crippen LogP contribution in [0.2, 0.25) is 0 Å². The van der Waals surface area contributed by atoms with Crippen LogP contribution in [0.3, 0.4) is 0 Å². The number of ether oxygens (including phenoxy) is 1. The molecular formula is C20H21N3O2. The normalized spacial score (nSPS) is 15.5. The number of methoxy groups -OCH3 is 1. The smallest absolute Gasteiger partial charge is 0.253 e. The lowest BCUT2D eigenvalue weighted by Crippen LogP contribution is -2.38. The van der Waals surface area contributed by atoms with Gasteiger partial charge in [0.15, 0.2) is 0 Å². The molecule has 128 valence electrons. The molecule has 5 heteroatoms. The SMILES string of the molecule is COc1ccc(C(=O)N2CCC(c3nc4ccccc4[nH]3)CC2)cc1. The van der Waals surface area contributed by atoms with Crippen LogP contribution in [0.25, 0.3) is 11.0 Å². The van der Waals surface area contributed by atoms with E-state index < -0.39 is 0 Å². The third-order valence-electron chi connectivity index (χ3n) is 4.91. The summed E-state index contributed by atoms with van der Waals surface area (Å²) in [5, 5.41) is 0. The molecule has 0 saturated carbocycles. The molecule has 2 heterocycles. The average molecular weight is 335 g/mol. The van der Waals surface area contributed by atoms with Gasteiger partial charge in [-0.1, -0.05) is 12.1 Å². The highest BCUT2D eigenvalue weighted by Crippen LogP contribution is 2.28. The predicted octanol–water partition coefficient (Wildman–Crippen LogP) is 3.59. The molecule has 0 bridgehead atoms. The Hall–Kier alpha value is -2.82. The van der Waals surface area contributed by atoms with Crippen molar-refractivity contribution in [3.63, 3.8) is 0 Å². The zero-order chi connectivity index (χ0) is 17.2. The maximum absolute atomic E-state index is 12.6. The molecule has 0 atom stereocenters. The van der Waals surface area contributed by atoms with E-state index in [-0.39, 0.29) is 5.91 Å². The highest BCUT2D eigenvalue weighted by atomic mass is 16.5. The molecule has 1 fully saturated rings. The highest BCUT2D eigenvalue weighted by Gasteiger charge is 2.26. The number of carbonyl (C=O) groups is 1. The number of hydrogen-bond acceptors (Lipinski definition) is 3. The molecule has 2 aromatic carbocycles. The molecule has 1 N–H and O–H groups in total. The summed E-state index contributed by atoms with van der Waals surface area (Å²) in [5.41, 5.74) is 2.80. The second-order valence-electron chi connectivity index (χ2n) is 6.43. The van der Waals surface area contributed by atoms with Crippen molar-refractivity contribution in [3.05, 3.63) is 59.9 Å². The molecule has 1 aliphatic rings. The fourth-order valence-corrected chi connectivity index (χ4v) is 3.44. The van der Waals surface area contributed by atoms with Crippen molar-refractivity contribution in [1.82, 2.24) is 14.9 Å². The van der Waals surface area contributed by atoms with E-state index >= 15 is 0 Å². The molecule has 0 spiro atoms. The number of rotatable bonds is 3. The maximum Gasteiger partial charge on any atom is 0.253 e. The highest BCUT2D eigenvalue weighted by molar-refractivity contribution is 5.94. The summed E-state index contributed by atoms with van der Waals surface area (Å²) in [5.74, 6) is 2.27. The van der Waals surface area contributed by atoms with Crippen molar-refractivity contribution in [3.8, 4) is 5.75 Å². The Morgan fingerprint density at radius 3 is 2.52 bits per heavy atom. The van der Waals surface area contributed by atoms with Gasteiger partial charge < -0.3 is 14.6 Å². The van der Waals surface area contributed by atoms with Gasteiger partial charge in [-0.3, -0.25) is 4.79 Å². The van der Waals surface area contributed by atoms with Crippen LogP contribution in [0.1, 0.15) is 34.9 Å². The summed E-state index contributed by atoms with van der Waals surface area (Å²) in [6, 6.07) is 15.4. The standard InChI is InChI=1S/C20H21N3O2/c1-25-16-8-6-15(7-9-16)20(24)23-12-10-14(11-13-23)19-21-17-4-2-3-5-18(17)22-19/h2-9,14H,10-13H2,1H3,(H,21,22). The third-order valence-corrected chi connectivity index (χ3v) is 4.91. The molecule has 5 nitrogen and oxygen atoms in total. The van der Waals surface area contributed by atoms with Crippen molar-refractivity contribution in [2.45, 2.75) is 18.8 Å². The van der Waals surface area contributed by atoms with Crippen molar-refractivity contribution in [2.24, 2.45) is 0 Å². The Balaban J connectivity index is 1.42. The minimum absolute atomic E-state index is 0.0886. The van der Waals surface area contributed by atoms with Gasteiger partial charge in [0.2, 0.25) is 0 Å². The number of nitrogens with one attached hydrogen (secondary N) is 1. The average Bonchev–Trinajstić information content (AvgIpc) is 3.12. The van der Waals surface area contributed by atoms with Crippen LogP contribution in [0.15, 0.2) is 48.5 Å². The Bertz CT molecular complexity index is 844. The Morgan fingerprint density at radius 1 is 1.12 bits per heavy atom. The number of benzene rings is 2. The Kier molecular flexibility index (Phi) is 4.14. The minimum Gasteiger partial charge on any atom is -0.497 e. The third kappa shape index (κ3) is 3.09. The molecule has 0 unspecified atom stereocenters. The van der Waals surface area contributed by atoms with E-state index in [9.17, 15) is 4.79 Å². The van der Waals surface area contributed by atoms with Crippen LogP contribution in [-0.4, -0.2) is 41.0 Å². The second-order valence-corrected chi connectivity index (χ2v) is 6.43. The van der Waals surface area contributed by atoms with E-state index in [1.54, 1.807) is 7.11 Å². The van der Waals surface area contributed by atoms with Gasteiger partial charge in [-0.05, 0) is 49.2 Å². The van der Waals surface area contributed by atoms with Gasteiger partial charge in [-0.2, -0.15) is 0 Å². The number of hydrogen-bond donors (Lipinski definition) is 1. The number of fused-ring (bicyclic) bond motifs is 1. The van der Waals surface area contributed by atoms with Crippen molar-refractivity contribution in [2.75, 3.05) is 20.2 Å². The van der Waals surface area contributed by atoms with Gasteiger partial charge in [-0.25, -0.2) is 4.98 Å². The summed E-state index contributed by atoms with van der Waals surface area (Å²) < 4.78 is 5.15. The lowest BCUT2D eigenvalue weighted by atomic mass is 9.95. The Labute approximate surface area is 146 Å². The predicted molar refractivity (Wildman–Crippen MR) is 97.0 cm³/mol. The number of likely N-dealkylation sites (tertiary alicyclic amines) is 1. The number of amides is 1. The molecule has 1 amide bonds. The first-order chi connectivity index (χ1) is 12.2. The van der Waals surface area contributed by atoms with Crippen LogP contribution in [0.5, 0.6) is 5.75 Å². The molecule has 0 radical (unpaired) electrons. The fraction of sp³-hybridized carbons (Fsp3) is 0.300. The molecule has 1 aliphatic heterocycles. The van der Waals surface area contributed by atoms with Gasteiger partial charge >= 0.3 is 0 Å². The summed E-state index contributed by atoms with van der Waals surface area (Å²) in [6.07, 6.45) is 1.86. The molecule has 3 aromatic rings. The molecule has 1 saturated heterocycles. The quantitative estimate of drug-likeness (QED) is 0.796. The van der Waals surface area contributed by atoms with Crippen LogP contribution in [0.4, 0.5) is 0 Å². The number of aromatic nitrogens is 2. The Morgan fingerprint density at radius 2 is 1.84 bits per heavy atom. The van der Waals surface area contributed by atoms with Gasteiger partial charge in [0, 0.05) is 24.6 Å². The van der Waals surface area contributed by atoms with E-state index in [4.69, 9.17) is 9.72 Å². The maximum atomic E-state index is 12.6. The van der Waals surface area contributed by atoms with Gasteiger partial charge in [-0.15, -0.1) is 0 Å². The van der Waals surface area contributed by atoms with Crippen molar-refractivity contribution in [1.29, 1.82) is 0 Å². The molecular weight excluding hydrogens is 314 g/mol. The van der Waals surface area contributed by atoms with Gasteiger partial charge in [0.05, 0.1) is 18.1 Å². The van der Waals surface area contributed by atoms with E-state index in [1.165, 1.54) is 0 Å². The van der Waals surface area contributed by atoms with Gasteiger partial charge in [0.1, 0.15) is 11.6 Å². The lowest BCUT2D eigenvalue weighted by molar-refractivity contribution is 0.0711. The van der Waals surface area contributed by atoms with Crippen molar-refractivity contribution >= 4 is 16.9 Å². The number of nitrogens with zero attached hydrogens (tertiary/aromatic N) is 2. The number of imidazole rings is 1. The second kappa shape index (κ2) is 6.59. The zero-order valence-corrected chi connectivity index (χ0v) is 14.2. The number of para-hydroxylation sites is 2. The molecule has 1 aromatic heterocycles. The van der Waals surface area contributed by atoms with E-state index in [0.717, 1.165) is 48.5 Å². The van der Waals surface area contributed by atoms with Crippen LogP contribution < -0.4 is 4.74 Å². The van der Waals surface area contributed by atoms with E-state index in [0.29, 0.717) is 11.5 Å². The topological polar surface area (TPSA) is 58.2 Å². The van der Waals surface area contributed by atoms with Gasteiger partial charge in [0.25, 0.3) is 5.91 Å². The van der Waals surface area contributed by atoms with Crippen LogP contribution in [0, 0.1) is 0 Å². The molecule has 0 aliphatic carbocycles. The number of carbonyl (C=O) groups excluding carboxylic acids is 1. The van der Waals surface area contributed by atoms with Crippen molar-refractivity contribution < 1.29 is 9.53 Å². The minimum atomic E-state index is 0.0886. The summed E-state index contributed by atoms with van der Waals surface area (Å²) >= 11 is 0. The van der Waals surface area contributed by atoms with Crippen LogP contribution in [-0.2, 0) is 0 Å². The first-order valence-corrected chi connectivity index (χ1v) is 8.62. The number of aromatic amines is 1. The fourth-order valence-electron chi connectivity index (χ4n) is 3.44.